The number of aldehydes is 1. The minimum atomic E-state index is 0.486. The Kier molecular flexibility index (Phi) is 2.21. The summed E-state index contributed by atoms with van der Waals surface area (Å²) in [6.45, 7) is 1.90. The smallest absolute Gasteiger partial charge is 0.160 e. The number of aromatic nitrogens is 1. The molecular formula is C6H6BrNO2. The van der Waals surface area contributed by atoms with Gasteiger partial charge in [0, 0.05) is 6.42 Å². The third kappa shape index (κ3) is 1.11. The normalized spacial score (nSPS) is 9.80. The molecule has 3 nitrogen and oxygen atoms in total. The molecule has 4 heteroatoms. The molecule has 0 radical (unpaired) electrons. The van der Waals surface area contributed by atoms with E-state index in [1.54, 1.807) is 0 Å². The van der Waals surface area contributed by atoms with Crippen LogP contribution in [0.5, 0.6) is 0 Å². The van der Waals surface area contributed by atoms with E-state index in [0.717, 1.165) is 6.29 Å². The highest BCUT2D eigenvalue weighted by molar-refractivity contribution is 9.10. The molecule has 1 rings (SSSR count). The Labute approximate surface area is 66.5 Å². The monoisotopic (exact) mass is 203 g/mol. The molecule has 1 aromatic rings. The average Bonchev–Trinajstić information content (AvgIpc) is 2.30. The molecule has 0 aliphatic rings. The number of carbonyl (C=O) groups is 1. The van der Waals surface area contributed by atoms with Gasteiger partial charge in [-0.15, -0.1) is 0 Å². The number of hydrogen-bond donors (Lipinski definition) is 0. The first kappa shape index (κ1) is 7.47. The van der Waals surface area contributed by atoms with Gasteiger partial charge < -0.3 is 4.52 Å². The Morgan fingerprint density at radius 3 is 2.90 bits per heavy atom. The molecule has 0 aromatic carbocycles. The highest BCUT2D eigenvalue weighted by Gasteiger charge is 2.10. The molecule has 0 fully saturated rings. The van der Waals surface area contributed by atoms with E-state index in [9.17, 15) is 4.79 Å². The van der Waals surface area contributed by atoms with E-state index < -0.39 is 0 Å². The van der Waals surface area contributed by atoms with E-state index in [1.165, 1.54) is 0 Å². The first-order chi connectivity index (χ1) is 4.79. The Bertz CT molecular complexity index is 244. The molecule has 54 valence electrons. The molecule has 0 saturated carbocycles. The predicted octanol–water partition coefficient (Wildman–Crippen LogP) is 1.81. The molecule has 0 N–H and O–H groups in total. The Hall–Kier alpha value is -0.640. The van der Waals surface area contributed by atoms with Gasteiger partial charge in [0.2, 0.25) is 0 Å². The summed E-state index contributed by atoms with van der Waals surface area (Å²) in [5.74, 6) is 0.627. The van der Waals surface area contributed by atoms with Gasteiger partial charge in [-0.1, -0.05) is 12.1 Å². The molecule has 0 saturated heterocycles. The van der Waals surface area contributed by atoms with E-state index in [2.05, 4.69) is 21.1 Å². The summed E-state index contributed by atoms with van der Waals surface area (Å²) in [6, 6.07) is 0. The summed E-state index contributed by atoms with van der Waals surface area (Å²) in [7, 11) is 0. The lowest BCUT2D eigenvalue weighted by Crippen LogP contribution is -1.83. The fraction of sp³-hybridized carbons (Fsp3) is 0.333. The fourth-order valence-electron chi connectivity index (χ4n) is 0.678. The minimum Gasteiger partial charge on any atom is -0.359 e. The van der Waals surface area contributed by atoms with Crippen molar-refractivity contribution in [1.82, 2.24) is 5.16 Å². The van der Waals surface area contributed by atoms with Crippen molar-refractivity contribution in [3.8, 4) is 0 Å². The number of aryl methyl sites for hydroxylation is 1. The van der Waals surface area contributed by atoms with Crippen molar-refractivity contribution >= 4 is 22.2 Å². The summed E-state index contributed by atoms with van der Waals surface area (Å²) >= 11 is 3.08. The number of halogens is 1. The Morgan fingerprint density at radius 1 is 1.80 bits per heavy atom. The minimum absolute atomic E-state index is 0.486. The molecular weight excluding hydrogens is 198 g/mol. The van der Waals surface area contributed by atoms with Gasteiger partial charge in [-0.2, -0.15) is 0 Å². The number of carbonyl (C=O) groups excluding carboxylic acids is 1. The summed E-state index contributed by atoms with van der Waals surface area (Å²) in [4.78, 5) is 10.3. The van der Waals surface area contributed by atoms with Crippen LogP contribution in [0.3, 0.4) is 0 Å². The second-order valence-electron chi connectivity index (χ2n) is 1.78. The zero-order valence-electron chi connectivity index (χ0n) is 5.43. The van der Waals surface area contributed by atoms with Crippen LogP contribution in [0.25, 0.3) is 0 Å². The maximum Gasteiger partial charge on any atom is 0.160 e. The lowest BCUT2D eigenvalue weighted by Gasteiger charge is -1.84. The zero-order valence-corrected chi connectivity index (χ0v) is 7.01. The van der Waals surface area contributed by atoms with Gasteiger partial charge in [0.05, 0.1) is 5.56 Å². The largest absolute Gasteiger partial charge is 0.359 e. The van der Waals surface area contributed by atoms with Gasteiger partial charge in [-0.05, 0) is 15.9 Å². The van der Waals surface area contributed by atoms with Crippen LogP contribution in [0.15, 0.2) is 9.13 Å². The molecule has 0 unspecified atom stereocenters. The standard InChI is InChI=1S/C6H6BrNO2/c1-2-5-4(3-9)6(7)8-10-5/h3H,2H2,1H3. The van der Waals surface area contributed by atoms with Crippen LogP contribution in [-0.2, 0) is 6.42 Å². The van der Waals surface area contributed by atoms with Crippen molar-refractivity contribution in [2.24, 2.45) is 0 Å². The SMILES string of the molecule is CCc1onc(Br)c1C=O. The van der Waals surface area contributed by atoms with Gasteiger partial charge in [0.25, 0.3) is 0 Å². The van der Waals surface area contributed by atoms with Crippen LogP contribution < -0.4 is 0 Å². The van der Waals surface area contributed by atoms with Gasteiger partial charge in [0.15, 0.2) is 10.9 Å². The molecule has 0 atom stereocenters. The molecule has 10 heavy (non-hydrogen) atoms. The van der Waals surface area contributed by atoms with Crippen molar-refractivity contribution in [2.75, 3.05) is 0 Å². The molecule has 0 amide bonds. The van der Waals surface area contributed by atoms with Gasteiger partial charge in [-0.25, -0.2) is 0 Å². The van der Waals surface area contributed by atoms with E-state index >= 15 is 0 Å². The predicted molar refractivity (Wildman–Crippen MR) is 39.0 cm³/mol. The lowest BCUT2D eigenvalue weighted by molar-refractivity contribution is 0.112. The van der Waals surface area contributed by atoms with Gasteiger partial charge in [-0.3, -0.25) is 4.79 Å². The maximum absolute atomic E-state index is 10.3. The van der Waals surface area contributed by atoms with Crippen LogP contribution in [0.2, 0.25) is 0 Å². The Morgan fingerprint density at radius 2 is 2.50 bits per heavy atom. The van der Waals surface area contributed by atoms with Crippen LogP contribution in [-0.4, -0.2) is 11.4 Å². The number of nitrogens with zero attached hydrogens (tertiary/aromatic N) is 1. The van der Waals surface area contributed by atoms with Crippen molar-refractivity contribution in [3.05, 3.63) is 15.9 Å². The summed E-state index contributed by atoms with van der Waals surface area (Å²) in [5.41, 5.74) is 0.516. The highest BCUT2D eigenvalue weighted by atomic mass is 79.9. The quantitative estimate of drug-likeness (QED) is 0.690. The topological polar surface area (TPSA) is 43.1 Å². The second kappa shape index (κ2) is 2.96. The zero-order chi connectivity index (χ0) is 7.56. The van der Waals surface area contributed by atoms with E-state index in [4.69, 9.17) is 4.52 Å². The molecule has 1 aromatic heterocycles. The fourth-order valence-corrected chi connectivity index (χ4v) is 1.06. The summed E-state index contributed by atoms with van der Waals surface area (Å²) in [5, 5.41) is 3.57. The molecule has 1 heterocycles. The second-order valence-corrected chi connectivity index (χ2v) is 2.53. The molecule has 0 aliphatic heterocycles. The van der Waals surface area contributed by atoms with E-state index in [0.29, 0.717) is 22.3 Å². The third-order valence-electron chi connectivity index (χ3n) is 1.20. The lowest BCUT2D eigenvalue weighted by atomic mass is 10.2. The maximum atomic E-state index is 10.3. The van der Waals surface area contributed by atoms with E-state index in [1.807, 2.05) is 6.92 Å². The summed E-state index contributed by atoms with van der Waals surface area (Å²) < 4.78 is 5.29. The highest BCUT2D eigenvalue weighted by Crippen LogP contribution is 2.17. The van der Waals surface area contributed by atoms with E-state index in [-0.39, 0.29) is 0 Å². The summed E-state index contributed by atoms with van der Waals surface area (Å²) in [6.07, 6.45) is 1.42. The Balaban J connectivity index is 3.12. The van der Waals surface area contributed by atoms with Crippen LogP contribution in [0.1, 0.15) is 23.0 Å². The first-order valence-electron chi connectivity index (χ1n) is 2.88. The van der Waals surface area contributed by atoms with Crippen molar-refractivity contribution < 1.29 is 9.32 Å². The van der Waals surface area contributed by atoms with Crippen molar-refractivity contribution in [3.63, 3.8) is 0 Å². The van der Waals surface area contributed by atoms with Crippen LogP contribution in [0, 0.1) is 0 Å². The van der Waals surface area contributed by atoms with Crippen molar-refractivity contribution in [2.45, 2.75) is 13.3 Å². The third-order valence-corrected chi connectivity index (χ3v) is 1.77. The number of rotatable bonds is 2. The first-order valence-corrected chi connectivity index (χ1v) is 3.68. The van der Waals surface area contributed by atoms with Crippen LogP contribution >= 0.6 is 15.9 Å². The molecule has 0 aliphatic carbocycles. The van der Waals surface area contributed by atoms with Crippen molar-refractivity contribution in [1.29, 1.82) is 0 Å². The molecule has 0 spiro atoms. The van der Waals surface area contributed by atoms with Crippen LogP contribution in [0.4, 0.5) is 0 Å². The average molecular weight is 204 g/mol. The molecule has 0 bridgehead atoms. The number of hydrogen-bond acceptors (Lipinski definition) is 3. The van der Waals surface area contributed by atoms with Gasteiger partial charge >= 0.3 is 0 Å². The van der Waals surface area contributed by atoms with Gasteiger partial charge in [0.1, 0.15) is 5.76 Å².